The Bertz CT molecular complexity index is 965. The fraction of sp³-hybridized carbons (Fsp3) is 0.440. The second kappa shape index (κ2) is 5.47. The van der Waals surface area contributed by atoms with Gasteiger partial charge in [0.1, 0.15) is 5.82 Å². The molecule has 0 fully saturated rings. The fourth-order valence-corrected chi connectivity index (χ4v) is 6.08. The van der Waals surface area contributed by atoms with Crippen molar-refractivity contribution in [2.75, 3.05) is 0 Å². The molecular formula is C25H28FN. The lowest BCUT2D eigenvalue weighted by molar-refractivity contribution is 0.0950. The summed E-state index contributed by atoms with van der Waals surface area (Å²) in [5.41, 5.74) is 7.29. The molecule has 1 aliphatic carbocycles. The van der Waals surface area contributed by atoms with Crippen LogP contribution in [-0.4, -0.2) is 10.4 Å². The zero-order valence-electron chi connectivity index (χ0n) is 16.8. The smallest absolute Gasteiger partial charge is 0.127 e. The molecule has 0 aromatic heterocycles. The number of hydrogen-bond donors (Lipinski definition) is 0. The Morgan fingerprint density at radius 3 is 2.59 bits per heavy atom. The van der Waals surface area contributed by atoms with Crippen molar-refractivity contribution in [2.24, 2.45) is 0 Å². The van der Waals surface area contributed by atoms with Crippen LogP contribution < -0.4 is 0 Å². The van der Waals surface area contributed by atoms with Gasteiger partial charge in [0.05, 0.1) is 6.04 Å². The molecule has 3 aliphatic rings. The monoisotopic (exact) mass is 361 g/mol. The van der Waals surface area contributed by atoms with Crippen molar-refractivity contribution in [3.8, 4) is 0 Å². The Balaban J connectivity index is 1.92. The molecule has 2 heterocycles. The summed E-state index contributed by atoms with van der Waals surface area (Å²) in [5, 5.41) is 0. The van der Waals surface area contributed by atoms with Crippen LogP contribution in [0.15, 0.2) is 36.5 Å². The molecule has 27 heavy (non-hydrogen) atoms. The maximum atomic E-state index is 15.3. The molecule has 0 spiro atoms. The first-order chi connectivity index (χ1) is 12.9. The SMILES string of the molecule is CCC1(CC)CCc2ccc(F)c3c2C2c4c(cccc4C3(C)C)C=CN21. The molecule has 140 valence electrons. The normalized spacial score (nSPS) is 23.0. The van der Waals surface area contributed by atoms with E-state index < -0.39 is 0 Å². The Labute approximate surface area is 161 Å². The third-order valence-corrected chi connectivity index (χ3v) is 7.69. The van der Waals surface area contributed by atoms with E-state index in [1.165, 1.54) is 27.8 Å². The first kappa shape index (κ1) is 17.0. The van der Waals surface area contributed by atoms with Crippen LogP contribution in [0.1, 0.15) is 86.4 Å². The van der Waals surface area contributed by atoms with E-state index in [-0.39, 0.29) is 22.8 Å². The first-order valence-corrected chi connectivity index (χ1v) is 10.4. The molecule has 0 saturated carbocycles. The lowest BCUT2D eigenvalue weighted by Gasteiger charge is -2.52. The molecule has 1 unspecified atom stereocenters. The Hall–Kier alpha value is -2.09. The van der Waals surface area contributed by atoms with E-state index >= 15 is 4.39 Å². The summed E-state index contributed by atoms with van der Waals surface area (Å²) in [7, 11) is 0. The molecule has 0 saturated heterocycles. The Morgan fingerprint density at radius 1 is 1.07 bits per heavy atom. The number of benzene rings is 2. The van der Waals surface area contributed by atoms with Crippen LogP contribution in [-0.2, 0) is 11.8 Å². The van der Waals surface area contributed by atoms with Crippen LogP contribution >= 0.6 is 0 Å². The Morgan fingerprint density at radius 2 is 1.85 bits per heavy atom. The molecule has 1 nitrogen and oxygen atoms in total. The molecule has 5 rings (SSSR count). The molecule has 0 radical (unpaired) electrons. The van der Waals surface area contributed by atoms with Gasteiger partial charge >= 0.3 is 0 Å². The Kier molecular flexibility index (Phi) is 3.45. The average molecular weight is 362 g/mol. The van der Waals surface area contributed by atoms with E-state index in [9.17, 15) is 0 Å². The quantitative estimate of drug-likeness (QED) is 0.603. The number of halogens is 1. The predicted molar refractivity (Wildman–Crippen MR) is 109 cm³/mol. The summed E-state index contributed by atoms with van der Waals surface area (Å²) in [5.74, 6) is -0.0511. The third-order valence-electron chi connectivity index (χ3n) is 7.69. The third kappa shape index (κ3) is 1.99. The van der Waals surface area contributed by atoms with Crippen molar-refractivity contribution in [2.45, 2.75) is 70.4 Å². The maximum absolute atomic E-state index is 15.3. The number of rotatable bonds is 2. The second-order valence-electron chi connectivity index (χ2n) is 8.99. The molecule has 0 N–H and O–H groups in total. The van der Waals surface area contributed by atoms with Gasteiger partial charge in [0.2, 0.25) is 0 Å². The highest BCUT2D eigenvalue weighted by atomic mass is 19.1. The summed E-state index contributed by atoms with van der Waals surface area (Å²) in [6.45, 7) is 9.00. The van der Waals surface area contributed by atoms with Gasteiger partial charge in [-0.25, -0.2) is 4.39 Å². The molecule has 2 heteroatoms. The van der Waals surface area contributed by atoms with Crippen LogP contribution in [0, 0.1) is 5.82 Å². The summed E-state index contributed by atoms with van der Waals surface area (Å²) in [6, 6.07) is 10.5. The maximum Gasteiger partial charge on any atom is 0.127 e. The van der Waals surface area contributed by atoms with Gasteiger partial charge in [-0.2, -0.15) is 0 Å². The van der Waals surface area contributed by atoms with E-state index in [0.717, 1.165) is 31.2 Å². The number of aryl methyl sites for hydroxylation is 1. The van der Waals surface area contributed by atoms with Gasteiger partial charge in [-0.15, -0.1) is 0 Å². The highest BCUT2D eigenvalue weighted by Crippen LogP contribution is 2.56. The molecule has 0 amide bonds. The zero-order valence-corrected chi connectivity index (χ0v) is 16.8. The largest absolute Gasteiger partial charge is 0.361 e. The van der Waals surface area contributed by atoms with Crippen LogP contribution in [0.2, 0.25) is 0 Å². The zero-order chi connectivity index (χ0) is 19.0. The van der Waals surface area contributed by atoms with E-state index in [1.54, 1.807) is 6.07 Å². The van der Waals surface area contributed by atoms with Crippen LogP contribution in [0.4, 0.5) is 4.39 Å². The molecular weight excluding hydrogens is 333 g/mol. The average Bonchev–Trinajstić information content (AvgIpc) is 2.81. The van der Waals surface area contributed by atoms with Gasteiger partial charge in [-0.3, -0.25) is 0 Å². The predicted octanol–water partition coefficient (Wildman–Crippen LogP) is 6.35. The number of nitrogens with zero attached hydrogens (tertiary/aromatic N) is 1. The van der Waals surface area contributed by atoms with Gasteiger partial charge in [0.25, 0.3) is 0 Å². The lowest BCUT2D eigenvalue weighted by atomic mass is 9.64. The van der Waals surface area contributed by atoms with E-state index in [1.807, 2.05) is 0 Å². The molecule has 2 aromatic rings. The van der Waals surface area contributed by atoms with Crippen LogP contribution in [0.3, 0.4) is 0 Å². The minimum Gasteiger partial charge on any atom is -0.361 e. The van der Waals surface area contributed by atoms with E-state index in [2.05, 4.69) is 69.1 Å². The summed E-state index contributed by atoms with van der Waals surface area (Å²) < 4.78 is 15.3. The molecule has 0 bridgehead atoms. The highest BCUT2D eigenvalue weighted by Gasteiger charge is 2.49. The van der Waals surface area contributed by atoms with Gasteiger partial charge < -0.3 is 4.90 Å². The van der Waals surface area contributed by atoms with Gasteiger partial charge in [-0.1, -0.05) is 52.0 Å². The van der Waals surface area contributed by atoms with Gasteiger partial charge in [0.15, 0.2) is 0 Å². The van der Waals surface area contributed by atoms with Crippen molar-refractivity contribution in [1.82, 2.24) is 4.90 Å². The van der Waals surface area contributed by atoms with Crippen LogP contribution in [0.5, 0.6) is 0 Å². The highest BCUT2D eigenvalue weighted by molar-refractivity contribution is 5.69. The minimum absolute atomic E-state index is 0.0511. The number of hydrogen-bond acceptors (Lipinski definition) is 1. The second-order valence-corrected chi connectivity index (χ2v) is 8.99. The topological polar surface area (TPSA) is 3.24 Å². The van der Waals surface area contributed by atoms with E-state index in [0.29, 0.717) is 0 Å². The van der Waals surface area contributed by atoms with Crippen molar-refractivity contribution in [1.29, 1.82) is 0 Å². The molecule has 2 aromatic carbocycles. The molecule has 1 atom stereocenters. The van der Waals surface area contributed by atoms with E-state index in [4.69, 9.17) is 0 Å². The van der Waals surface area contributed by atoms with Gasteiger partial charge in [0, 0.05) is 22.7 Å². The van der Waals surface area contributed by atoms with Crippen molar-refractivity contribution >= 4 is 6.08 Å². The van der Waals surface area contributed by atoms with Crippen LogP contribution in [0.25, 0.3) is 6.08 Å². The van der Waals surface area contributed by atoms with Crippen molar-refractivity contribution in [3.05, 3.63) is 75.7 Å². The van der Waals surface area contributed by atoms with Gasteiger partial charge in [-0.05, 0) is 65.6 Å². The van der Waals surface area contributed by atoms with Crippen molar-refractivity contribution < 1.29 is 4.39 Å². The first-order valence-electron chi connectivity index (χ1n) is 10.4. The fourth-order valence-electron chi connectivity index (χ4n) is 6.08. The summed E-state index contributed by atoms with van der Waals surface area (Å²) in [6.07, 6.45) is 8.94. The summed E-state index contributed by atoms with van der Waals surface area (Å²) in [4.78, 5) is 2.59. The summed E-state index contributed by atoms with van der Waals surface area (Å²) >= 11 is 0. The molecule has 2 aliphatic heterocycles. The standard InChI is InChI=1S/C25H28FN/c1-5-25(6-2)14-12-17-10-11-19(26)22-21(17)23-20-16(13-15-27(23)25)8-7-9-18(20)24(22,3)4/h7-11,13,15,23H,5-6,12,14H2,1-4H3. The minimum atomic E-state index is -0.320. The van der Waals surface area contributed by atoms with Crippen molar-refractivity contribution in [3.63, 3.8) is 0 Å². The lowest BCUT2D eigenvalue weighted by Crippen LogP contribution is -2.49.